The topological polar surface area (TPSA) is 87.1 Å². The molecule has 2 fully saturated rings. The number of likely N-dealkylation sites (tertiary alicyclic amines) is 1. The van der Waals surface area contributed by atoms with Gasteiger partial charge in [-0.1, -0.05) is 19.3 Å². The Morgan fingerprint density at radius 1 is 1.16 bits per heavy atom. The SMILES string of the molecule is Cn1cc(CN2CCCC2c2nc3c(c(=O)[nH]2)CN(C(=O)CC2CCCCC2)CC3)cn1. The van der Waals surface area contributed by atoms with Crippen molar-refractivity contribution in [1.82, 2.24) is 29.5 Å². The average molecular weight is 439 g/mol. The van der Waals surface area contributed by atoms with Gasteiger partial charge in [0, 0.05) is 44.7 Å². The van der Waals surface area contributed by atoms with Gasteiger partial charge in [-0.25, -0.2) is 4.98 Å². The van der Waals surface area contributed by atoms with Crippen LogP contribution in [0.1, 0.15) is 80.1 Å². The number of nitrogens with one attached hydrogen (secondary N) is 1. The molecule has 1 N–H and O–H groups in total. The Hall–Kier alpha value is -2.48. The normalized spacial score (nSPS) is 22.3. The molecule has 0 aromatic carbocycles. The Morgan fingerprint density at radius 2 is 2.00 bits per heavy atom. The number of fused-ring (bicyclic) bond motifs is 1. The minimum atomic E-state index is -0.0756. The van der Waals surface area contributed by atoms with E-state index in [1.165, 1.54) is 37.7 Å². The van der Waals surface area contributed by atoms with Crippen molar-refractivity contribution in [3.63, 3.8) is 0 Å². The van der Waals surface area contributed by atoms with E-state index in [2.05, 4.69) is 15.0 Å². The van der Waals surface area contributed by atoms with Crippen molar-refractivity contribution < 1.29 is 4.79 Å². The quantitative estimate of drug-likeness (QED) is 0.776. The first-order valence-corrected chi connectivity index (χ1v) is 12.2. The van der Waals surface area contributed by atoms with Crippen LogP contribution >= 0.6 is 0 Å². The van der Waals surface area contributed by atoms with Gasteiger partial charge in [0.05, 0.1) is 30.0 Å². The van der Waals surface area contributed by atoms with Gasteiger partial charge in [0.15, 0.2) is 0 Å². The standard InChI is InChI=1S/C24H34N6O2/c1-28-14-18(13-25-28)15-29-10-5-8-21(29)23-26-20-9-11-30(16-19(20)24(32)27-23)22(31)12-17-6-3-2-4-7-17/h13-14,17,21H,2-12,15-16H2,1H3,(H,26,27,32). The van der Waals surface area contributed by atoms with E-state index in [-0.39, 0.29) is 17.5 Å². The Morgan fingerprint density at radius 3 is 2.78 bits per heavy atom. The molecule has 5 rings (SSSR count). The van der Waals surface area contributed by atoms with Gasteiger partial charge < -0.3 is 9.88 Å². The molecule has 3 aliphatic rings. The van der Waals surface area contributed by atoms with Crippen molar-refractivity contribution >= 4 is 5.91 Å². The third-order valence-corrected chi connectivity index (χ3v) is 7.45. The summed E-state index contributed by atoms with van der Waals surface area (Å²) in [6, 6.07) is 0.124. The number of rotatable bonds is 5. The zero-order valence-corrected chi connectivity index (χ0v) is 19.1. The van der Waals surface area contributed by atoms with Crippen LogP contribution in [-0.2, 0) is 31.4 Å². The molecule has 1 saturated heterocycles. The molecule has 0 bridgehead atoms. The highest BCUT2D eigenvalue weighted by atomic mass is 16.2. The summed E-state index contributed by atoms with van der Waals surface area (Å²) in [7, 11) is 1.93. The largest absolute Gasteiger partial charge is 0.338 e. The van der Waals surface area contributed by atoms with Crippen LogP contribution in [0.2, 0.25) is 0 Å². The van der Waals surface area contributed by atoms with Crippen molar-refractivity contribution in [2.45, 2.75) is 76.9 Å². The van der Waals surface area contributed by atoms with Crippen molar-refractivity contribution in [3.8, 4) is 0 Å². The van der Waals surface area contributed by atoms with Crippen LogP contribution in [0, 0.1) is 5.92 Å². The zero-order valence-electron chi connectivity index (χ0n) is 19.1. The number of carbonyl (C=O) groups excluding carboxylic acids is 1. The van der Waals surface area contributed by atoms with E-state index in [4.69, 9.17) is 4.98 Å². The predicted molar refractivity (Wildman–Crippen MR) is 121 cm³/mol. The molecule has 2 aliphatic heterocycles. The summed E-state index contributed by atoms with van der Waals surface area (Å²) in [6.07, 6.45) is 13.4. The second kappa shape index (κ2) is 9.17. The number of aromatic nitrogens is 4. The lowest BCUT2D eigenvalue weighted by molar-refractivity contribution is -0.133. The fourth-order valence-corrected chi connectivity index (χ4v) is 5.70. The van der Waals surface area contributed by atoms with Gasteiger partial charge in [-0.2, -0.15) is 5.10 Å². The number of hydrogen-bond acceptors (Lipinski definition) is 5. The minimum absolute atomic E-state index is 0.0756. The van der Waals surface area contributed by atoms with Gasteiger partial charge in [-0.15, -0.1) is 0 Å². The molecule has 32 heavy (non-hydrogen) atoms. The highest BCUT2D eigenvalue weighted by molar-refractivity contribution is 5.76. The molecule has 4 heterocycles. The molecule has 8 heteroatoms. The number of aromatic amines is 1. The maximum Gasteiger partial charge on any atom is 0.256 e. The lowest BCUT2D eigenvalue weighted by Gasteiger charge is -2.31. The van der Waals surface area contributed by atoms with E-state index in [1.807, 2.05) is 29.0 Å². The monoisotopic (exact) mass is 438 g/mol. The van der Waals surface area contributed by atoms with Crippen molar-refractivity contribution in [1.29, 1.82) is 0 Å². The number of carbonyl (C=O) groups is 1. The van der Waals surface area contributed by atoms with Crippen molar-refractivity contribution in [2.24, 2.45) is 13.0 Å². The Balaban J connectivity index is 1.28. The summed E-state index contributed by atoms with van der Waals surface area (Å²) in [5.74, 6) is 1.49. The van der Waals surface area contributed by atoms with E-state index in [1.54, 1.807) is 0 Å². The van der Waals surface area contributed by atoms with Gasteiger partial charge in [-0.05, 0) is 38.1 Å². The molecule has 1 saturated carbocycles. The summed E-state index contributed by atoms with van der Waals surface area (Å²) in [6.45, 7) is 2.86. The second-order valence-corrected chi connectivity index (χ2v) is 9.80. The Kier molecular flexibility index (Phi) is 6.13. The highest BCUT2D eigenvalue weighted by Crippen LogP contribution is 2.32. The molecule has 0 radical (unpaired) electrons. The molecule has 172 valence electrons. The van der Waals surface area contributed by atoms with Crippen LogP contribution in [-0.4, -0.2) is 48.5 Å². The summed E-state index contributed by atoms with van der Waals surface area (Å²) in [5.41, 5.74) is 2.65. The Bertz CT molecular complexity index is 1020. The fraction of sp³-hybridized carbons (Fsp3) is 0.667. The van der Waals surface area contributed by atoms with Gasteiger partial charge in [0.25, 0.3) is 5.56 Å². The Labute approximate surface area is 189 Å². The van der Waals surface area contributed by atoms with Gasteiger partial charge in [0.1, 0.15) is 5.82 Å². The number of aryl methyl sites for hydroxylation is 1. The smallest absolute Gasteiger partial charge is 0.256 e. The molecule has 1 amide bonds. The minimum Gasteiger partial charge on any atom is -0.338 e. The van der Waals surface area contributed by atoms with Crippen LogP contribution < -0.4 is 5.56 Å². The molecular weight excluding hydrogens is 404 g/mol. The molecule has 8 nitrogen and oxygen atoms in total. The lowest BCUT2D eigenvalue weighted by atomic mass is 9.86. The van der Waals surface area contributed by atoms with E-state index < -0.39 is 0 Å². The van der Waals surface area contributed by atoms with Crippen molar-refractivity contribution in [2.75, 3.05) is 13.1 Å². The first-order valence-electron chi connectivity index (χ1n) is 12.2. The summed E-state index contributed by atoms with van der Waals surface area (Å²) in [4.78, 5) is 38.1. The van der Waals surface area contributed by atoms with Crippen LogP contribution in [0.3, 0.4) is 0 Å². The maximum absolute atomic E-state index is 13.0. The molecular formula is C24H34N6O2. The zero-order chi connectivity index (χ0) is 22.1. The van der Waals surface area contributed by atoms with E-state index in [0.29, 0.717) is 37.4 Å². The van der Waals surface area contributed by atoms with E-state index in [0.717, 1.165) is 37.4 Å². The molecule has 0 spiro atoms. The van der Waals surface area contributed by atoms with Gasteiger partial charge in [-0.3, -0.25) is 19.2 Å². The third-order valence-electron chi connectivity index (χ3n) is 7.45. The highest BCUT2D eigenvalue weighted by Gasteiger charge is 2.31. The van der Waals surface area contributed by atoms with Crippen LogP contribution in [0.5, 0.6) is 0 Å². The average Bonchev–Trinajstić information content (AvgIpc) is 3.43. The van der Waals surface area contributed by atoms with Crippen LogP contribution in [0.15, 0.2) is 17.2 Å². The molecule has 2 aromatic heterocycles. The predicted octanol–water partition coefficient (Wildman–Crippen LogP) is 2.70. The summed E-state index contributed by atoms with van der Waals surface area (Å²) >= 11 is 0. The van der Waals surface area contributed by atoms with E-state index >= 15 is 0 Å². The molecule has 1 unspecified atom stereocenters. The first kappa shape index (κ1) is 21.4. The molecule has 2 aromatic rings. The fourth-order valence-electron chi connectivity index (χ4n) is 5.70. The van der Waals surface area contributed by atoms with Gasteiger partial charge >= 0.3 is 0 Å². The van der Waals surface area contributed by atoms with Gasteiger partial charge in [0.2, 0.25) is 5.91 Å². The van der Waals surface area contributed by atoms with Crippen molar-refractivity contribution in [3.05, 3.63) is 45.4 Å². The number of hydrogen-bond donors (Lipinski definition) is 1. The lowest BCUT2D eigenvalue weighted by Crippen LogP contribution is -2.41. The number of amides is 1. The number of H-pyrrole nitrogens is 1. The van der Waals surface area contributed by atoms with E-state index in [9.17, 15) is 9.59 Å². The number of nitrogens with zero attached hydrogens (tertiary/aromatic N) is 5. The third kappa shape index (κ3) is 4.51. The maximum atomic E-state index is 13.0. The second-order valence-electron chi connectivity index (χ2n) is 9.80. The molecule has 1 aliphatic carbocycles. The summed E-state index contributed by atoms with van der Waals surface area (Å²) in [5, 5.41) is 4.27. The van der Waals surface area contributed by atoms with Crippen LogP contribution in [0.4, 0.5) is 0 Å². The summed E-state index contributed by atoms with van der Waals surface area (Å²) < 4.78 is 1.82. The first-order chi connectivity index (χ1) is 15.6. The molecule has 1 atom stereocenters. The van der Waals surface area contributed by atoms with Crippen LogP contribution in [0.25, 0.3) is 0 Å².